The zero-order valence-electron chi connectivity index (χ0n) is 7.18. The first-order valence-electron chi connectivity index (χ1n) is 3.67. The number of nitrogens with zero attached hydrogens (tertiary/aromatic N) is 2. The lowest BCUT2D eigenvalue weighted by molar-refractivity contribution is -0.276. The number of hydrogen-bond acceptors (Lipinski definition) is 3. The van der Waals surface area contributed by atoms with Crippen molar-refractivity contribution in [3.63, 3.8) is 0 Å². The highest BCUT2D eigenvalue weighted by Crippen LogP contribution is 2.22. The van der Waals surface area contributed by atoms with Gasteiger partial charge in [0.15, 0.2) is 0 Å². The van der Waals surface area contributed by atoms with E-state index in [9.17, 15) is 17.6 Å². The average molecular weight is 220 g/mol. The Labute approximate surface area is 81.9 Å². The second-order valence-electron chi connectivity index (χ2n) is 2.49. The molecule has 7 heteroatoms. The standard InChI is InChI=1S/C8H4F4N2O/c9-3-5-1-6(4-13)14-7(2-5)15-8(10,11)12/h1-2H,3H2. The van der Waals surface area contributed by atoms with Crippen molar-refractivity contribution in [1.29, 1.82) is 5.26 Å². The van der Waals surface area contributed by atoms with Crippen LogP contribution in [0.1, 0.15) is 11.3 Å². The van der Waals surface area contributed by atoms with Crippen LogP contribution in [-0.4, -0.2) is 11.3 Å². The van der Waals surface area contributed by atoms with Crippen molar-refractivity contribution in [3.8, 4) is 11.9 Å². The summed E-state index contributed by atoms with van der Waals surface area (Å²) in [5.74, 6) is -0.839. The fourth-order valence-electron chi connectivity index (χ4n) is 0.864. The summed E-state index contributed by atoms with van der Waals surface area (Å²) in [7, 11) is 0. The first kappa shape index (κ1) is 11.2. The molecular weight excluding hydrogens is 216 g/mol. The maximum absolute atomic E-state index is 12.2. The Morgan fingerprint density at radius 3 is 2.53 bits per heavy atom. The van der Waals surface area contributed by atoms with E-state index in [-0.39, 0.29) is 11.3 Å². The second kappa shape index (κ2) is 4.13. The summed E-state index contributed by atoms with van der Waals surface area (Å²) < 4.78 is 51.0. The van der Waals surface area contributed by atoms with Crippen molar-refractivity contribution >= 4 is 0 Å². The summed E-state index contributed by atoms with van der Waals surface area (Å²) in [5.41, 5.74) is -0.426. The number of halogens is 4. The molecule has 0 N–H and O–H groups in total. The van der Waals surface area contributed by atoms with Crippen LogP contribution in [0.2, 0.25) is 0 Å². The lowest BCUT2D eigenvalue weighted by Crippen LogP contribution is -2.18. The lowest BCUT2D eigenvalue weighted by Gasteiger charge is -2.08. The molecule has 0 aliphatic rings. The number of pyridine rings is 1. The molecule has 1 aromatic rings. The largest absolute Gasteiger partial charge is 0.574 e. The molecule has 15 heavy (non-hydrogen) atoms. The van der Waals surface area contributed by atoms with Crippen LogP contribution in [0.3, 0.4) is 0 Å². The molecule has 0 amide bonds. The van der Waals surface area contributed by atoms with E-state index in [4.69, 9.17) is 5.26 Å². The third kappa shape index (κ3) is 3.42. The fraction of sp³-hybridized carbons (Fsp3) is 0.250. The molecule has 1 rings (SSSR count). The van der Waals surface area contributed by atoms with Gasteiger partial charge in [0.2, 0.25) is 5.88 Å². The van der Waals surface area contributed by atoms with E-state index < -0.39 is 18.9 Å². The molecule has 0 bridgehead atoms. The van der Waals surface area contributed by atoms with E-state index in [1.807, 2.05) is 0 Å². The Balaban J connectivity index is 3.03. The van der Waals surface area contributed by atoms with E-state index >= 15 is 0 Å². The van der Waals surface area contributed by atoms with Crippen molar-refractivity contribution in [1.82, 2.24) is 4.98 Å². The van der Waals surface area contributed by atoms with Crippen LogP contribution in [0, 0.1) is 11.3 Å². The van der Waals surface area contributed by atoms with E-state index in [1.165, 1.54) is 6.07 Å². The highest BCUT2D eigenvalue weighted by atomic mass is 19.4. The van der Waals surface area contributed by atoms with Crippen LogP contribution in [0.15, 0.2) is 12.1 Å². The van der Waals surface area contributed by atoms with Crippen LogP contribution in [-0.2, 0) is 6.67 Å². The summed E-state index contributed by atoms with van der Waals surface area (Å²) in [6, 6.07) is 3.33. The van der Waals surface area contributed by atoms with Crippen molar-refractivity contribution in [2.24, 2.45) is 0 Å². The zero-order valence-corrected chi connectivity index (χ0v) is 7.18. The predicted octanol–water partition coefficient (Wildman–Crippen LogP) is 2.32. The molecule has 0 fully saturated rings. The molecular formula is C8H4F4N2O. The SMILES string of the molecule is N#Cc1cc(CF)cc(OC(F)(F)F)n1. The minimum absolute atomic E-state index is 0.0965. The number of ether oxygens (including phenoxy) is 1. The molecule has 80 valence electrons. The van der Waals surface area contributed by atoms with Gasteiger partial charge in [-0.1, -0.05) is 0 Å². The van der Waals surface area contributed by atoms with Gasteiger partial charge in [0.25, 0.3) is 0 Å². The van der Waals surface area contributed by atoms with Crippen LogP contribution in [0.4, 0.5) is 17.6 Å². The minimum atomic E-state index is -4.91. The van der Waals surface area contributed by atoms with Crippen molar-refractivity contribution in [2.75, 3.05) is 0 Å². The molecule has 0 radical (unpaired) electrons. The van der Waals surface area contributed by atoms with Crippen molar-refractivity contribution < 1.29 is 22.3 Å². The fourth-order valence-corrected chi connectivity index (χ4v) is 0.864. The molecule has 0 aliphatic heterocycles. The summed E-state index contributed by atoms with van der Waals surface area (Å²) in [5, 5.41) is 8.41. The number of alkyl halides is 4. The first-order chi connectivity index (χ1) is 6.94. The highest BCUT2D eigenvalue weighted by molar-refractivity contribution is 5.31. The van der Waals surface area contributed by atoms with E-state index in [0.29, 0.717) is 0 Å². The second-order valence-corrected chi connectivity index (χ2v) is 2.49. The summed E-state index contributed by atoms with van der Waals surface area (Å²) in [4.78, 5) is 3.22. The highest BCUT2D eigenvalue weighted by Gasteiger charge is 2.32. The van der Waals surface area contributed by atoms with Gasteiger partial charge in [-0.05, 0) is 11.6 Å². The van der Waals surface area contributed by atoms with Crippen LogP contribution >= 0.6 is 0 Å². The van der Waals surface area contributed by atoms with Gasteiger partial charge < -0.3 is 4.74 Å². The van der Waals surface area contributed by atoms with Crippen LogP contribution in [0.25, 0.3) is 0 Å². The molecule has 0 saturated carbocycles. The Kier molecular flexibility index (Phi) is 3.09. The summed E-state index contributed by atoms with van der Waals surface area (Å²) >= 11 is 0. The Morgan fingerprint density at radius 1 is 1.40 bits per heavy atom. The van der Waals surface area contributed by atoms with Gasteiger partial charge in [0.05, 0.1) is 0 Å². The maximum Gasteiger partial charge on any atom is 0.574 e. The van der Waals surface area contributed by atoms with Gasteiger partial charge in [0, 0.05) is 6.07 Å². The molecule has 1 heterocycles. The van der Waals surface area contributed by atoms with E-state index in [1.54, 1.807) is 0 Å². The van der Waals surface area contributed by atoms with Crippen LogP contribution in [0.5, 0.6) is 5.88 Å². The van der Waals surface area contributed by atoms with Crippen LogP contribution < -0.4 is 4.74 Å². The van der Waals surface area contributed by atoms with Crippen molar-refractivity contribution in [2.45, 2.75) is 13.0 Å². The number of rotatable bonds is 2. The van der Waals surface area contributed by atoms with Gasteiger partial charge in [0.1, 0.15) is 18.4 Å². The molecule has 3 nitrogen and oxygen atoms in total. The van der Waals surface area contributed by atoms with Gasteiger partial charge in [-0.3, -0.25) is 0 Å². The van der Waals surface area contributed by atoms with Gasteiger partial charge in [-0.2, -0.15) is 5.26 Å². The van der Waals surface area contributed by atoms with Gasteiger partial charge in [-0.25, -0.2) is 9.37 Å². The Hall–Kier alpha value is -1.84. The van der Waals surface area contributed by atoms with E-state index in [0.717, 1.165) is 12.1 Å². The zero-order chi connectivity index (χ0) is 11.5. The van der Waals surface area contributed by atoms with E-state index in [2.05, 4.69) is 9.72 Å². The normalized spacial score (nSPS) is 10.9. The molecule has 1 aromatic heterocycles. The summed E-state index contributed by atoms with van der Waals surface area (Å²) in [6.07, 6.45) is -4.91. The van der Waals surface area contributed by atoms with Crippen molar-refractivity contribution in [3.05, 3.63) is 23.4 Å². The monoisotopic (exact) mass is 220 g/mol. The lowest BCUT2D eigenvalue weighted by atomic mass is 10.2. The third-order valence-electron chi connectivity index (χ3n) is 1.35. The molecule has 0 aliphatic carbocycles. The first-order valence-corrected chi connectivity index (χ1v) is 3.67. The Morgan fingerprint density at radius 2 is 2.07 bits per heavy atom. The average Bonchev–Trinajstić information content (AvgIpc) is 2.14. The molecule has 0 atom stereocenters. The predicted molar refractivity (Wildman–Crippen MR) is 40.4 cm³/mol. The molecule has 0 saturated heterocycles. The molecule has 0 unspecified atom stereocenters. The third-order valence-corrected chi connectivity index (χ3v) is 1.35. The Bertz CT molecular complexity index is 397. The molecule has 0 aromatic carbocycles. The number of hydrogen-bond donors (Lipinski definition) is 0. The minimum Gasteiger partial charge on any atom is -0.388 e. The maximum atomic E-state index is 12.2. The summed E-state index contributed by atoms with van der Waals surface area (Å²) in [6.45, 7) is -0.995. The number of nitriles is 1. The quantitative estimate of drug-likeness (QED) is 0.718. The van der Waals surface area contributed by atoms with Gasteiger partial charge >= 0.3 is 6.36 Å². The smallest absolute Gasteiger partial charge is 0.388 e. The number of aromatic nitrogens is 1. The molecule has 0 spiro atoms. The van der Waals surface area contributed by atoms with Gasteiger partial charge in [-0.15, -0.1) is 13.2 Å². The topological polar surface area (TPSA) is 45.9 Å².